The van der Waals surface area contributed by atoms with E-state index in [1.54, 1.807) is 0 Å². The van der Waals surface area contributed by atoms with Crippen molar-refractivity contribution in [2.75, 3.05) is 13.1 Å². The first-order chi connectivity index (χ1) is 10.1. The first kappa shape index (κ1) is 20.9. The van der Waals surface area contributed by atoms with Gasteiger partial charge in [-0.05, 0) is 25.7 Å². The summed E-state index contributed by atoms with van der Waals surface area (Å²) in [7, 11) is 0. The Bertz CT molecular complexity index is 348. The summed E-state index contributed by atoms with van der Waals surface area (Å²) >= 11 is 0. The van der Waals surface area contributed by atoms with Crippen molar-refractivity contribution in [2.24, 2.45) is 11.8 Å². The molecule has 0 aliphatic carbocycles. The minimum atomic E-state index is -4.62. The normalized spacial score (nSPS) is 14.5. The minimum absolute atomic E-state index is 0.231. The van der Waals surface area contributed by atoms with Gasteiger partial charge in [0.1, 0.15) is 11.7 Å². The van der Waals surface area contributed by atoms with Gasteiger partial charge in [-0.15, -0.1) is 0 Å². The molecule has 0 aromatic heterocycles. The first-order valence-electron chi connectivity index (χ1n) is 8.00. The molecule has 0 radical (unpaired) electrons. The van der Waals surface area contributed by atoms with Crippen molar-refractivity contribution in [2.45, 2.75) is 66.0 Å². The number of carbonyl (C=O) groups is 2. The molecule has 3 nitrogen and oxygen atoms in total. The highest BCUT2D eigenvalue weighted by atomic mass is 19.4. The van der Waals surface area contributed by atoms with E-state index in [0.717, 1.165) is 12.8 Å². The highest BCUT2D eigenvalue weighted by Gasteiger charge is 2.49. The predicted molar refractivity (Wildman–Crippen MR) is 80.4 cm³/mol. The minimum Gasteiger partial charge on any atom is -0.342 e. The molecular formula is C16H28F3NO2. The van der Waals surface area contributed by atoms with Crippen LogP contribution in [0.25, 0.3) is 0 Å². The van der Waals surface area contributed by atoms with Crippen LogP contribution in [0, 0.1) is 11.8 Å². The molecule has 2 atom stereocenters. The van der Waals surface area contributed by atoms with Crippen LogP contribution >= 0.6 is 0 Å². The Balaban J connectivity index is 5.21. The topological polar surface area (TPSA) is 37.4 Å². The average molecular weight is 323 g/mol. The Kier molecular flexibility index (Phi) is 9.37. The number of amides is 1. The number of ketones is 1. The zero-order valence-electron chi connectivity index (χ0n) is 14.0. The Hall–Kier alpha value is -1.07. The number of nitrogens with zero attached hydrogens (tertiary/aromatic N) is 1. The van der Waals surface area contributed by atoms with Gasteiger partial charge in [0.05, 0.1) is 0 Å². The molecule has 0 aromatic rings. The van der Waals surface area contributed by atoms with Crippen molar-refractivity contribution in [3.05, 3.63) is 0 Å². The lowest BCUT2D eigenvalue weighted by Gasteiger charge is -2.31. The third-order valence-corrected chi connectivity index (χ3v) is 3.67. The smallest absolute Gasteiger partial charge is 0.342 e. The van der Waals surface area contributed by atoms with Crippen LogP contribution in [0.3, 0.4) is 0 Å². The number of halogens is 3. The SMILES string of the molecule is CCCCN(CCCC)C(=O)C(C(C)CC(C)=O)C(F)(F)F. The van der Waals surface area contributed by atoms with E-state index in [2.05, 4.69) is 0 Å². The maximum atomic E-state index is 13.3. The van der Waals surface area contributed by atoms with Gasteiger partial charge in [0, 0.05) is 19.5 Å². The fourth-order valence-electron chi connectivity index (χ4n) is 2.50. The number of unbranched alkanes of at least 4 members (excludes halogenated alkanes) is 2. The molecule has 2 unspecified atom stereocenters. The molecular weight excluding hydrogens is 295 g/mol. The van der Waals surface area contributed by atoms with Gasteiger partial charge >= 0.3 is 6.18 Å². The van der Waals surface area contributed by atoms with Crippen molar-refractivity contribution in [3.63, 3.8) is 0 Å². The molecule has 6 heteroatoms. The summed E-state index contributed by atoms with van der Waals surface area (Å²) in [5.41, 5.74) is 0. The van der Waals surface area contributed by atoms with Crippen molar-refractivity contribution in [1.29, 1.82) is 0 Å². The molecule has 0 rings (SSSR count). The summed E-state index contributed by atoms with van der Waals surface area (Å²) in [6.45, 7) is 7.13. The van der Waals surface area contributed by atoms with Crippen LogP contribution in [0.5, 0.6) is 0 Å². The van der Waals surface area contributed by atoms with Gasteiger partial charge in [0.2, 0.25) is 5.91 Å². The fourth-order valence-corrected chi connectivity index (χ4v) is 2.50. The molecule has 0 aliphatic rings. The third kappa shape index (κ3) is 7.27. The van der Waals surface area contributed by atoms with E-state index in [-0.39, 0.29) is 12.2 Å². The Labute approximate surface area is 131 Å². The van der Waals surface area contributed by atoms with Crippen LogP contribution < -0.4 is 0 Å². The summed E-state index contributed by atoms with van der Waals surface area (Å²) < 4.78 is 40.0. The van der Waals surface area contributed by atoms with E-state index in [0.29, 0.717) is 25.9 Å². The van der Waals surface area contributed by atoms with Gasteiger partial charge in [-0.3, -0.25) is 4.79 Å². The van der Waals surface area contributed by atoms with Gasteiger partial charge in [-0.2, -0.15) is 13.2 Å². The van der Waals surface area contributed by atoms with Gasteiger partial charge in [-0.25, -0.2) is 0 Å². The molecule has 0 N–H and O–H groups in total. The molecule has 22 heavy (non-hydrogen) atoms. The number of alkyl halides is 3. The largest absolute Gasteiger partial charge is 0.400 e. The fraction of sp³-hybridized carbons (Fsp3) is 0.875. The molecule has 0 fully saturated rings. The van der Waals surface area contributed by atoms with Crippen molar-refractivity contribution in [3.8, 4) is 0 Å². The van der Waals surface area contributed by atoms with Crippen molar-refractivity contribution in [1.82, 2.24) is 4.90 Å². The number of hydrogen-bond donors (Lipinski definition) is 0. The maximum Gasteiger partial charge on any atom is 0.400 e. The second-order valence-electron chi connectivity index (χ2n) is 5.94. The van der Waals surface area contributed by atoms with E-state index < -0.39 is 23.9 Å². The lowest BCUT2D eigenvalue weighted by atomic mass is 9.88. The maximum absolute atomic E-state index is 13.3. The zero-order valence-corrected chi connectivity index (χ0v) is 14.0. The van der Waals surface area contributed by atoms with E-state index in [1.165, 1.54) is 18.7 Å². The second-order valence-corrected chi connectivity index (χ2v) is 5.94. The lowest BCUT2D eigenvalue weighted by molar-refractivity contribution is -0.198. The molecule has 0 aromatic carbocycles. The summed E-state index contributed by atoms with van der Waals surface area (Å²) in [6, 6.07) is 0. The van der Waals surface area contributed by atoms with Crippen LogP contribution in [-0.4, -0.2) is 35.9 Å². The van der Waals surface area contributed by atoms with Crippen LogP contribution in [0.1, 0.15) is 59.8 Å². The molecule has 0 saturated carbocycles. The van der Waals surface area contributed by atoms with Crippen LogP contribution in [-0.2, 0) is 9.59 Å². The number of rotatable bonds is 10. The van der Waals surface area contributed by atoms with E-state index in [9.17, 15) is 22.8 Å². The standard InChI is InChI=1S/C16H28F3NO2/c1-5-7-9-20(10-8-6-2)15(22)14(16(17,18)19)12(3)11-13(4)21/h12,14H,5-11H2,1-4H3. The molecule has 0 spiro atoms. The molecule has 1 amide bonds. The van der Waals surface area contributed by atoms with E-state index in [1.807, 2.05) is 13.8 Å². The average Bonchev–Trinajstić information content (AvgIpc) is 2.36. The van der Waals surface area contributed by atoms with Gasteiger partial charge in [-0.1, -0.05) is 33.6 Å². The van der Waals surface area contributed by atoms with Gasteiger partial charge < -0.3 is 9.69 Å². The summed E-state index contributed by atoms with van der Waals surface area (Å²) in [6.07, 6.45) is -1.86. The lowest BCUT2D eigenvalue weighted by Crippen LogP contribution is -2.46. The molecule has 0 bridgehead atoms. The van der Waals surface area contributed by atoms with Crippen LogP contribution in [0.15, 0.2) is 0 Å². The molecule has 130 valence electrons. The summed E-state index contributed by atoms with van der Waals surface area (Å²) in [5, 5.41) is 0. The summed E-state index contributed by atoms with van der Waals surface area (Å²) in [4.78, 5) is 24.9. The summed E-state index contributed by atoms with van der Waals surface area (Å²) in [5.74, 6) is -4.34. The van der Waals surface area contributed by atoms with Crippen molar-refractivity contribution < 1.29 is 22.8 Å². The van der Waals surface area contributed by atoms with Crippen molar-refractivity contribution >= 4 is 11.7 Å². The number of Topliss-reactive ketones (excluding diaryl/α,β-unsaturated/α-hetero) is 1. The first-order valence-corrected chi connectivity index (χ1v) is 8.00. The predicted octanol–water partition coefficient (Wildman–Crippen LogP) is 4.21. The quantitative estimate of drug-likeness (QED) is 0.604. The Morgan fingerprint density at radius 3 is 1.82 bits per heavy atom. The number of carbonyl (C=O) groups excluding carboxylic acids is 2. The van der Waals surface area contributed by atoms with Crippen LogP contribution in [0.4, 0.5) is 13.2 Å². The third-order valence-electron chi connectivity index (χ3n) is 3.67. The highest BCUT2D eigenvalue weighted by molar-refractivity contribution is 5.81. The molecule has 0 aliphatic heterocycles. The van der Waals surface area contributed by atoms with Gasteiger partial charge in [0.25, 0.3) is 0 Å². The Morgan fingerprint density at radius 1 is 1.05 bits per heavy atom. The monoisotopic (exact) mass is 323 g/mol. The van der Waals surface area contributed by atoms with E-state index in [4.69, 9.17) is 0 Å². The Morgan fingerprint density at radius 2 is 1.50 bits per heavy atom. The molecule has 0 heterocycles. The van der Waals surface area contributed by atoms with Crippen LogP contribution in [0.2, 0.25) is 0 Å². The highest BCUT2D eigenvalue weighted by Crippen LogP contribution is 2.35. The molecule has 0 saturated heterocycles. The number of hydrogen-bond acceptors (Lipinski definition) is 2. The van der Waals surface area contributed by atoms with E-state index >= 15 is 0 Å². The second kappa shape index (κ2) is 9.85. The van der Waals surface area contributed by atoms with Gasteiger partial charge in [0.15, 0.2) is 0 Å². The zero-order chi connectivity index (χ0) is 17.3.